The molecule has 0 radical (unpaired) electrons. The fourth-order valence-corrected chi connectivity index (χ4v) is 2.46. The predicted octanol–water partition coefficient (Wildman–Crippen LogP) is 3.14. The molecular formula is C15H22ClNO2. The van der Waals surface area contributed by atoms with E-state index in [0.717, 1.165) is 63.6 Å². The number of hydrogen-bond acceptors (Lipinski definition) is 3. The summed E-state index contributed by atoms with van der Waals surface area (Å²) >= 11 is 6.12. The molecule has 1 aliphatic rings. The molecule has 1 heterocycles. The Morgan fingerprint density at radius 1 is 1.26 bits per heavy atom. The van der Waals surface area contributed by atoms with Crippen LogP contribution in [0.3, 0.4) is 0 Å². The summed E-state index contributed by atoms with van der Waals surface area (Å²) in [4.78, 5) is 2.45. The predicted molar refractivity (Wildman–Crippen MR) is 78.2 cm³/mol. The highest BCUT2D eigenvalue weighted by Gasteiger charge is 2.09. The minimum absolute atomic E-state index is 0.702. The van der Waals surface area contributed by atoms with Crippen molar-refractivity contribution >= 4 is 11.6 Å². The van der Waals surface area contributed by atoms with Gasteiger partial charge in [0, 0.05) is 13.1 Å². The molecule has 0 saturated carbocycles. The number of aryl methyl sites for hydroxylation is 1. The van der Waals surface area contributed by atoms with Gasteiger partial charge in [-0.2, -0.15) is 0 Å². The Hall–Kier alpha value is -0.770. The number of morpholine rings is 1. The van der Waals surface area contributed by atoms with Crippen LogP contribution in [0.1, 0.15) is 18.4 Å². The van der Waals surface area contributed by atoms with Gasteiger partial charge in [-0.15, -0.1) is 0 Å². The van der Waals surface area contributed by atoms with Gasteiger partial charge in [0.15, 0.2) is 0 Å². The number of rotatable bonds is 6. The standard InChI is InChI=1S/C15H22ClNO2/c1-13-4-5-15(14(16)12-13)19-9-3-2-6-17-7-10-18-11-8-17/h4-5,12H,2-3,6-11H2,1H3. The zero-order valence-electron chi connectivity index (χ0n) is 11.5. The minimum Gasteiger partial charge on any atom is -0.492 e. The largest absolute Gasteiger partial charge is 0.492 e. The lowest BCUT2D eigenvalue weighted by Crippen LogP contribution is -2.36. The third kappa shape index (κ3) is 5.01. The molecule has 0 atom stereocenters. The zero-order valence-corrected chi connectivity index (χ0v) is 12.3. The number of ether oxygens (including phenoxy) is 2. The van der Waals surface area contributed by atoms with Gasteiger partial charge in [-0.1, -0.05) is 17.7 Å². The molecule has 1 aliphatic heterocycles. The Labute approximate surface area is 120 Å². The first-order valence-electron chi connectivity index (χ1n) is 6.95. The Bertz CT molecular complexity index is 392. The van der Waals surface area contributed by atoms with E-state index in [1.54, 1.807) is 0 Å². The fraction of sp³-hybridized carbons (Fsp3) is 0.600. The van der Waals surface area contributed by atoms with E-state index in [-0.39, 0.29) is 0 Å². The van der Waals surface area contributed by atoms with E-state index in [1.165, 1.54) is 0 Å². The van der Waals surface area contributed by atoms with E-state index in [0.29, 0.717) is 5.02 Å². The van der Waals surface area contributed by atoms with Crippen molar-refractivity contribution < 1.29 is 9.47 Å². The Balaban J connectivity index is 1.61. The first-order valence-corrected chi connectivity index (χ1v) is 7.32. The number of benzene rings is 1. The summed E-state index contributed by atoms with van der Waals surface area (Å²) in [6.45, 7) is 7.75. The molecule has 0 N–H and O–H groups in total. The average molecular weight is 284 g/mol. The highest BCUT2D eigenvalue weighted by atomic mass is 35.5. The van der Waals surface area contributed by atoms with Crippen molar-refractivity contribution in [3.05, 3.63) is 28.8 Å². The maximum Gasteiger partial charge on any atom is 0.137 e. The molecule has 1 fully saturated rings. The maximum atomic E-state index is 6.12. The summed E-state index contributed by atoms with van der Waals surface area (Å²) in [5.41, 5.74) is 1.16. The van der Waals surface area contributed by atoms with Crippen LogP contribution < -0.4 is 4.74 Å². The monoisotopic (exact) mass is 283 g/mol. The molecule has 4 heteroatoms. The number of halogens is 1. The molecule has 1 aromatic rings. The summed E-state index contributed by atoms with van der Waals surface area (Å²) in [5, 5.41) is 0.702. The SMILES string of the molecule is Cc1ccc(OCCCCN2CCOCC2)c(Cl)c1. The van der Waals surface area contributed by atoms with Crippen molar-refractivity contribution in [2.75, 3.05) is 39.5 Å². The summed E-state index contributed by atoms with van der Waals surface area (Å²) in [5.74, 6) is 0.790. The van der Waals surface area contributed by atoms with Crippen molar-refractivity contribution in [1.82, 2.24) is 4.90 Å². The quantitative estimate of drug-likeness (QED) is 0.749. The van der Waals surface area contributed by atoms with E-state index < -0.39 is 0 Å². The third-order valence-electron chi connectivity index (χ3n) is 3.32. The van der Waals surface area contributed by atoms with Crippen molar-refractivity contribution in [3.8, 4) is 5.75 Å². The molecule has 0 bridgehead atoms. The van der Waals surface area contributed by atoms with Crippen LogP contribution >= 0.6 is 11.6 Å². The van der Waals surface area contributed by atoms with Gasteiger partial charge in [0.05, 0.1) is 24.8 Å². The molecule has 0 spiro atoms. The van der Waals surface area contributed by atoms with Gasteiger partial charge in [-0.05, 0) is 44.0 Å². The van der Waals surface area contributed by atoms with Crippen molar-refractivity contribution in [2.24, 2.45) is 0 Å². The minimum atomic E-state index is 0.702. The molecule has 19 heavy (non-hydrogen) atoms. The summed E-state index contributed by atoms with van der Waals surface area (Å²) < 4.78 is 11.0. The van der Waals surface area contributed by atoms with Crippen LogP contribution in [0, 0.1) is 6.92 Å². The number of unbranched alkanes of at least 4 members (excludes halogenated alkanes) is 1. The molecule has 3 nitrogen and oxygen atoms in total. The van der Waals surface area contributed by atoms with E-state index in [9.17, 15) is 0 Å². The summed E-state index contributed by atoms with van der Waals surface area (Å²) in [6, 6.07) is 5.90. The van der Waals surface area contributed by atoms with Crippen molar-refractivity contribution in [1.29, 1.82) is 0 Å². The van der Waals surface area contributed by atoms with Gasteiger partial charge >= 0.3 is 0 Å². The van der Waals surface area contributed by atoms with E-state index in [2.05, 4.69) is 4.90 Å². The highest BCUT2D eigenvalue weighted by molar-refractivity contribution is 6.32. The lowest BCUT2D eigenvalue weighted by atomic mass is 10.2. The molecule has 0 unspecified atom stereocenters. The van der Waals surface area contributed by atoms with Crippen LogP contribution in [0.5, 0.6) is 5.75 Å². The Morgan fingerprint density at radius 3 is 2.79 bits per heavy atom. The second-order valence-electron chi connectivity index (χ2n) is 4.94. The second-order valence-corrected chi connectivity index (χ2v) is 5.35. The maximum absolute atomic E-state index is 6.12. The van der Waals surface area contributed by atoms with E-state index in [1.807, 2.05) is 25.1 Å². The van der Waals surface area contributed by atoms with Crippen LogP contribution in [0.15, 0.2) is 18.2 Å². The third-order valence-corrected chi connectivity index (χ3v) is 3.61. The molecule has 1 aromatic carbocycles. The van der Waals surface area contributed by atoms with Gasteiger partial charge < -0.3 is 9.47 Å². The molecule has 2 rings (SSSR count). The lowest BCUT2D eigenvalue weighted by molar-refractivity contribution is 0.0368. The van der Waals surface area contributed by atoms with E-state index in [4.69, 9.17) is 21.1 Å². The second kappa shape index (κ2) is 7.73. The van der Waals surface area contributed by atoms with Crippen molar-refractivity contribution in [3.63, 3.8) is 0 Å². The smallest absolute Gasteiger partial charge is 0.137 e. The van der Waals surface area contributed by atoms with Gasteiger partial charge in [0.2, 0.25) is 0 Å². The molecule has 0 aliphatic carbocycles. The summed E-state index contributed by atoms with van der Waals surface area (Å²) in [7, 11) is 0. The topological polar surface area (TPSA) is 21.7 Å². The molecule has 0 aromatic heterocycles. The van der Waals surface area contributed by atoms with Gasteiger partial charge in [0.1, 0.15) is 5.75 Å². The van der Waals surface area contributed by atoms with Gasteiger partial charge in [-0.3, -0.25) is 4.90 Å². The molecule has 0 amide bonds. The van der Waals surface area contributed by atoms with Crippen molar-refractivity contribution in [2.45, 2.75) is 19.8 Å². The highest BCUT2D eigenvalue weighted by Crippen LogP contribution is 2.25. The van der Waals surface area contributed by atoms with E-state index >= 15 is 0 Å². The van der Waals surface area contributed by atoms with Gasteiger partial charge in [-0.25, -0.2) is 0 Å². The zero-order chi connectivity index (χ0) is 13.5. The van der Waals surface area contributed by atoms with Crippen LogP contribution in [0.2, 0.25) is 5.02 Å². The molecule has 1 saturated heterocycles. The molecule has 106 valence electrons. The summed E-state index contributed by atoms with van der Waals surface area (Å²) in [6.07, 6.45) is 2.21. The van der Waals surface area contributed by atoms with Crippen LogP contribution in [-0.4, -0.2) is 44.4 Å². The van der Waals surface area contributed by atoms with Crippen LogP contribution in [-0.2, 0) is 4.74 Å². The fourth-order valence-electron chi connectivity index (χ4n) is 2.17. The first kappa shape index (κ1) is 14.6. The number of hydrogen-bond donors (Lipinski definition) is 0. The molecular weight excluding hydrogens is 262 g/mol. The Kier molecular flexibility index (Phi) is 5.95. The average Bonchev–Trinajstić information content (AvgIpc) is 2.42. The van der Waals surface area contributed by atoms with Gasteiger partial charge in [0.25, 0.3) is 0 Å². The number of nitrogens with zero attached hydrogens (tertiary/aromatic N) is 1. The first-order chi connectivity index (χ1) is 9.25. The normalized spacial score (nSPS) is 16.5. The van der Waals surface area contributed by atoms with Crippen LogP contribution in [0.25, 0.3) is 0 Å². The Morgan fingerprint density at radius 2 is 2.05 bits per heavy atom. The lowest BCUT2D eigenvalue weighted by Gasteiger charge is -2.26. The van der Waals surface area contributed by atoms with Crippen LogP contribution in [0.4, 0.5) is 0 Å².